The molecule has 2 rings (SSSR count). The first-order valence-electron chi connectivity index (χ1n) is 6.54. The summed E-state index contributed by atoms with van der Waals surface area (Å²) < 4.78 is 0. The number of rotatable bonds is 4. The normalized spacial score (nSPS) is 10.4. The van der Waals surface area contributed by atoms with Crippen molar-refractivity contribution >= 4 is 23.5 Å². The Hall–Kier alpha value is -2.37. The first-order valence-corrected chi connectivity index (χ1v) is 6.54. The Morgan fingerprint density at radius 1 is 1.00 bits per heavy atom. The first-order chi connectivity index (χ1) is 9.51. The number of hydrogen-bond acceptors (Lipinski definition) is 6. The van der Waals surface area contributed by atoms with Crippen LogP contribution in [0.2, 0.25) is 0 Å². The lowest BCUT2D eigenvalue weighted by Gasteiger charge is -2.22. The summed E-state index contributed by atoms with van der Waals surface area (Å²) >= 11 is 0. The van der Waals surface area contributed by atoms with Gasteiger partial charge < -0.3 is 15.5 Å². The van der Waals surface area contributed by atoms with E-state index in [1.165, 1.54) is 5.56 Å². The fourth-order valence-electron chi connectivity index (χ4n) is 1.85. The van der Waals surface area contributed by atoms with Crippen LogP contribution in [0.3, 0.4) is 0 Å². The van der Waals surface area contributed by atoms with Crippen molar-refractivity contribution in [3.8, 4) is 0 Å². The lowest BCUT2D eigenvalue weighted by molar-refractivity contribution is 0.901. The van der Waals surface area contributed by atoms with Crippen molar-refractivity contribution in [3.05, 3.63) is 29.8 Å². The summed E-state index contributed by atoms with van der Waals surface area (Å²) in [7, 11) is 3.75. The molecule has 106 valence electrons. The maximum atomic E-state index is 5.78. The van der Waals surface area contributed by atoms with E-state index in [1.54, 1.807) is 0 Å². The fraction of sp³-hybridized carbons (Fsp3) is 0.357. The zero-order valence-electron chi connectivity index (χ0n) is 12.3. The van der Waals surface area contributed by atoms with Crippen LogP contribution < -0.4 is 15.5 Å². The number of nitrogen functional groups attached to an aromatic ring is 1. The Bertz CT molecular complexity index is 579. The minimum atomic E-state index is 0.226. The van der Waals surface area contributed by atoms with Crippen LogP contribution in [0.1, 0.15) is 12.5 Å². The molecule has 1 heterocycles. The highest BCUT2D eigenvalue weighted by Crippen LogP contribution is 2.23. The SMILES string of the molecule is CCN(c1ccc(C)cc1)c1nc(N)nc(N(C)C)n1. The summed E-state index contributed by atoms with van der Waals surface area (Å²) in [6, 6.07) is 8.23. The second-order valence-corrected chi connectivity index (χ2v) is 4.77. The molecule has 0 saturated heterocycles. The van der Waals surface area contributed by atoms with Crippen LogP contribution >= 0.6 is 0 Å². The van der Waals surface area contributed by atoms with E-state index in [0.717, 1.165) is 12.2 Å². The highest BCUT2D eigenvalue weighted by Gasteiger charge is 2.13. The number of anilines is 4. The molecule has 0 aliphatic heterocycles. The number of nitrogens with two attached hydrogens (primary N) is 1. The molecule has 0 bridgehead atoms. The van der Waals surface area contributed by atoms with Gasteiger partial charge in [-0.25, -0.2) is 0 Å². The highest BCUT2D eigenvalue weighted by molar-refractivity contribution is 5.59. The van der Waals surface area contributed by atoms with Gasteiger partial charge in [-0.05, 0) is 26.0 Å². The smallest absolute Gasteiger partial charge is 0.236 e. The third kappa shape index (κ3) is 2.96. The maximum absolute atomic E-state index is 5.78. The van der Waals surface area contributed by atoms with Gasteiger partial charge in [0.15, 0.2) is 0 Å². The van der Waals surface area contributed by atoms with Crippen LogP contribution in [0.25, 0.3) is 0 Å². The van der Waals surface area contributed by atoms with E-state index in [9.17, 15) is 0 Å². The summed E-state index contributed by atoms with van der Waals surface area (Å²) in [6.07, 6.45) is 0. The fourth-order valence-corrected chi connectivity index (χ4v) is 1.85. The molecule has 2 aromatic rings. The van der Waals surface area contributed by atoms with E-state index in [0.29, 0.717) is 11.9 Å². The van der Waals surface area contributed by atoms with E-state index >= 15 is 0 Å². The maximum Gasteiger partial charge on any atom is 0.236 e. The van der Waals surface area contributed by atoms with E-state index in [4.69, 9.17) is 5.73 Å². The molecule has 6 heteroatoms. The van der Waals surface area contributed by atoms with Crippen molar-refractivity contribution < 1.29 is 0 Å². The van der Waals surface area contributed by atoms with Crippen molar-refractivity contribution in [2.45, 2.75) is 13.8 Å². The number of aryl methyl sites for hydroxylation is 1. The Morgan fingerprint density at radius 3 is 2.15 bits per heavy atom. The molecule has 20 heavy (non-hydrogen) atoms. The minimum Gasteiger partial charge on any atom is -0.368 e. The minimum absolute atomic E-state index is 0.226. The van der Waals surface area contributed by atoms with Crippen molar-refractivity contribution in [3.63, 3.8) is 0 Å². The molecule has 1 aromatic heterocycles. The Morgan fingerprint density at radius 2 is 1.60 bits per heavy atom. The molecule has 0 radical (unpaired) electrons. The quantitative estimate of drug-likeness (QED) is 0.917. The van der Waals surface area contributed by atoms with Gasteiger partial charge in [-0.1, -0.05) is 17.7 Å². The molecule has 0 atom stereocenters. The van der Waals surface area contributed by atoms with Crippen LogP contribution in [0.15, 0.2) is 24.3 Å². The number of benzene rings is 1. The molecule has 0 aliphatic carbocycles. The van der Waals surface area contributed by atoms with Gasteiger partial charge in [0.2, 0.25) is 17.8 Å². The third-order valence-electron chi connectivity index (χ3n) is 2.93. The molecule has 6 nitrogen and oxygen atoms in total. The van der Waals surface area contributed by atoms with Crippen molar-refractivity contribution in [2.75, 3.05) is 36.2 Å². The molecule has 2 N–H and O–H groups in total. The van der Waals surface area contributed by atoms with Crippen molar-refractivity contribution in [1.82, 2.24) is 15.0 Å². The summed E-state index contributed by atoms with van der Waals surface area (Å²) in [5.74, 6) is 1.34. The molecule has 0 saturated carbocycles. The third-order valence-corrected chi connectivity index (χ3v) is 2.93. The van der Waals surface area contributed by atoms with Crippen LogP contribution in [0, 0.1) is 6.92 Å². The zero-order valence-corrected chi connectivity index (χ0v) is 12.3. The van der Waals surface area contributed by atoms with Gasteiger partial charge in [-0.15, -0.1) is 0 Å². The van der Waals surface area contributed by atoms with E-state index in [2.05, 4.69) is 40.9 Å². The van der Waals surface area contributed by atoms with Gasteiger partial charge in [0.05, 0.1) is 0 Å². The van der Waals surface area contributed by atoms with Crippen LogP contribution in [0.4, 0.5) is 23.5 Å². The number of hydrogen-bond donors (Lipinski definition) is 1. The second-order valence-electron chi connectivity index (χ2n) is 4.77. The van der Waals surface area contributed by atoms with Gasteiger partial charge in [-0.2, -0.15) is 15.0 Å². The van der Waals surface area contributed by atoms with Crippen LogP contribution in [-0.2, 0) is 0 Å². The van der Waals surface area contributed by atoms with Crippen LogP contribution in [0.5, 0.6) is 0 Å². The summed E-state index contributed by atoms with van der Waals surface area (Å²) in [4.78, 5) is 16.6. The Kier molecular flexibility index (Phi) is 4.02. The average Bonchev–Trinajstić information content (AvgIpc) is 2.41. The van der Waals surface area contributed by atoms with Gasteiger partial charge >= 0.3 is 0 Å². The summed E-state index contributed by atoms with van der Waals surface area (Å²) in [5.41, 5.74) is 8.03. The van der Waals surface area contributed by atoms with E-state index < -0.39 is 0 Å². The van der Waals surface area contributed by atoms with Gasteiger partial charge in [0.25, 0.3) is 0 Å². The topological polar surface area (TPSA) is 71.2 Å². The zero-order chi connectivity index (χ0) is 14.7. The highest BCUT2D eigenvalue weighted by atomic mass is 15.3. The predicted octanol–water partition coefficient (Wildman–Crippen LogP) is 1.99. The Labute approximate surface area is 119 Å². The Balaban J connectivity index is 2.43. The molecular weight excluding hydrogens is 252 g/mol. The summed E-state index contributed by atoms with van der Waals surface area (Å²) in [6.45, 7) is 4.86. The van der Waals surface area contributed by atoms with Gasteiger partial charge in [0.1, 0.15) is 0 Å². The summed E-state index contributed by atoms with van der Waals surface area (Å²) in [5, 5.41) is 0. The van der Waals surface area contributed by atoms with Crippen molar-refractivity contribution in [1.29, 1.82) is 0 Å². The number of nitrogens with zero attached hydrogens (tertiary/aromatic N) is 5. The van der Waals surface area contributed by atoms with E-state index in [-0.39, 0.29) is 5.95 Å². The lowest BCUT2D eigenvalue weighted by Crippen LogP contribution is -2.22. The first kappa shape index (κ1) is 14.0. The van der Waals surface area contributed by atoms with Gasteiger partial charge in [-0.3, -0.25) is 0 Å². The molecule has 1 aromatic carbocycles. The molecule has 0 amide bonds. The lowest BCUT2D eigenvalue weighted by atomic mass is 10.2. The molecule has 0 unspecified atom stereocenters. The molecule has 0 aliphatic rings. The van der Waals surface area contributed by atoms with Gasteiger partial charge in [0, 0.05) is 26.3 Å². The standard InChI is InChI=1S/C14H20N6/c1-5-20(11-8-6-10(2)7-9-11)14-17-12(15)16-13(18-14)19(3)4/h6-9H,5H2,1-4H3,(H2,15,16,17,18). The number of aromatic nitrogens is 3. The molecular formula is C14H20N6. The average molecular weight is 272 g/mol. The van der Waals surface area contributed by atoms with Crippen LogP contribution in [-0.4, -0.2) is 35.6 Å². The monoisotopic (exact) mass is 272 g/mol. The molecule has 0 fully saturated rings. The largest absolute Gasteiger partial charge is 0.368 e. The van der Waals surface area contributed by atoms with Crippen molar-refractivity contribution in [2.24, 2.45) is 0 Å². The molecule has 0 spiro atoms. The second kappa shape index (κ2) is 5.73. The van der Waals surface area contributed by atoms with E-state index in [1.807, 2.05) is 36.0 Å². The predicted molar refractivity (Wildman–Crippen MR) is 82.4 cm³/mol.